The second kappa shape index (κ2) is 10.1. The van der Waals surface area contributed by atoms with E-state index >= 15 is 0 Å². The number of ether oxygens (including phenoxy) is 1. The first-order valence-electron chi connectivity index (χ1n) is 10.4. The van der Waals surface area contributed by atoms with Gasteiger partial charge in [-0.3, -0.25) is 9.59 Å². The number of phenols is 1. The molecule has 0 spiro atoms. The number of aryl methyl sites for hydroxylation is 2. The van der Waals surface area contributed by atoms with Gasteiger partial charge in [0.05, 0.1) is 12.1 Å². The van der Waals surface area contributed by atoms with Crippen molar-refractivity contribution >= 4 is 16.8 Å². The molecule has 0 unspecified atom stereocenters. The minimum atomic E-state index is -0.484. The van der Waals surface area contributed by atoms with E-state index in [1.807, 2.05) is 19.1 Å². The summed E-state index contributed by atoms with van der Waals surface area (Å²) in [6, 6.07) is 10.4. The van der Waals surface area contributed by atoms with Crippen molar-refractivity contribution in [3.05, 3.63) is 69.0 Å². The lowest BCUT2D eigenvalue weighted by Gasteiger charge is -2.13. The first kappa shape index (κ1) is 22.4. The molecule has 0 aliphatic heterocycles. The minimum absolute atomic E-state index is 0.0285. The normalized spacial score (nSPS) is 10.9. The fourth-order valence-corrected chi connectivity index (χ4v) is 3.38. The molecule has 2 aromatic carbocycles. The van der Waals surface area contributed by atoms with E-state index in [2.05, 4.69) is 10.3 Å². The molecule has 1 aromatic heterocycles. The van der Waals surface area contributed by atoms with E-state index in [1.54, 1.807) is 31.2 Å². The van der Waals surface area contributed by atoms with Crippen LogP contribution in [0.25, 0.3) is 10.9 Å². The zero-order valence-electron chi connectivity index (χ0n) is 17.8. The molecular formula is C24H28N2O5. The number of unbranched alkanes of at least 4 members (excludes halogenated alkanes) is 2. The lowest BCUT2D eigenvalue weighted by molar-refractivity contribution is 0.0949. The highest BCUT2D eigenvalue weighted by atomic mass is 16.5. The van der Waals surface area contributed by atoms with Gasteiger partial charge < -0.3 is 25.3 Å². The maximum atomic E-state index is 12.6. The van der Waals surface area contributed by atoms with Gasteiger partial charge >= 0.3 is 0 Å². The molecule has 0 saturated carbocycles. The summed E-state index contributed by atoms with van der Waals surface area (Å²) in [7, 11) is 0. The summed E-state index contributed by atoms with van der Waals surface area (Å²) in [5, 5.41) is 22.0. The highest BCUT2D eigenvalue weighted by Crippen LogP contribution is 2.28. The van der Waals surface area contributed by atoms with E-state index in [0.717, 1.165) is 36.0 Å². The molecule has 3 rings (SSSR count). The van der Waals surface area contributed by atoms with Crippen LogP contribution in [0.5, 0.6) is 11.5 Å². The first-order chi connectivity index (χ1) is 14.9. The maximum absolute atomic E-state index is 12.6. The fraction of sp³-hybridized carbons (Fsp3) is 0.333. The lowest BCUT2D eigenvalue weighted by Crippen LogP contribution is -2.29. The average molecular weight is 424 g/mol. The van der Waals surface area contributed by atoms with E-state index < -0.39 is 11.5 Å². The third kappa shape index (κ3) is 5.44. The molecule has 164 valence electrons. The number of carbonyl (C=O) groups excluding carboxylic acids is 1. The lowest BCUT2D eigenvalue weighted by atomic mass is 10.1. The van der Waals surface area contributed by atoms with Gasteiger partial charge in [0.15, 0.2) is 0 Å². The predicted molar refractivity (Wildman–Crippen MR) is 120 cm³/mol. The highest BCUT2D eigenvalue weighted by Gasteiger charge is 2.15. The largest absolute Gasteiger partial charge is 0.508 e. The van der Waals surface area contributed by atoms with Crippen LogP contribution >= 0.6 is 0 Å². The zero-order chi connectivity index (χ0) is 22.4. The molecule has 0 radical (unpaired) electrons. The first-order valence-corrected chi connectivity index (χ1v) is 10.4. The van der Waals surface area contributed by atoms with Crippen LogP contribution in [0.15, 0.2) is 41.2 Å². The van der Waals surface area contributed by atoms with Crippen molar-refractivity contribution in [1.29, 1.82) is 0 Å². The Morgan fingerprint density at radius 2 is 1.87 bits per heavy atom. The Morgan fingerprint density at radius 3 is 2.61 bits per heavy atom. The summed E-state index contributed by atoms with van der Waals surface area (Å²) >= 11 is 0. The number of fused-ring (bicyclic) bond motifs is 1. The van der Waals surface area contributed by atoms with Gasteiger partial charge in [-0.1, -0.05) is 24.3 Å². The third-order valence-corrected chi connectivity index (χ3v) is 5.18. The summed E-state index contributed by atoms with van der Waals surface area (Å²) < 4.78 is 5.91. The molecule has 7 nitrogen and oxygen atoms in total. The summed E-state index contributed by atoms with van der Waals surface area (Å²) in [5.74, 6) is 0.328. The number of benzene rings is 2. The molecule has 1 amide bonds. The fourth-order valence-electron chi connectivity index (χ4n) is 3.38. The van der Waals surface area contributed by atoms with Crippen molar-refractivity contribution in [3.8, 4) is 11.5 Å². The molecule has 0 bridgehead atoms. The van der Waals surface area contributed by atoms with Crippen molar-refractivity contribution in [1.82, 2.24) is 10.3 Å². The van der Waals surface area contributed by atoms with Crippen molar-refractivity contribution in [2.45, 2.75) is 39.7 Å². The molecule has 0 aliphatic carbocycles. The van der Waals surface area contributed by atoms with Crippen LogP contribution in [-0.4, -0.2) is 34.3 Å². The van der Waals surface area contributed by atoms with E-state index in [9.17, 15) is 14.7 Å². The topological polar surface area (TPSA) is 112 Å². The molecular weight excluding hydrogens is 396 g/mol. The number of pyridine rings is 1. The van der Waals surface area contributed by atoms with Gasteiger partial charge in [0.1, 0.15) is 17.1 Å². The van der Waals surface area contributed by atoms with Gasteiger partial charge in [-0.05, 0) is 61.9 Å². The monoisotopic (exact) mass is 424 g/mol. The quantitative estimate of drug-likeness (QED) is 0.394. The summed E-state index contributed by atoms with van der Waals surface area (Å²) in [5.41, 5.74) is 2.55. The summed E-state index contributed by atoms with van der Waals surface area (Å²) in [6.07, 6.45) is 2.40. The SMILES string of the molecule is Cc1cc(CNC(=O)c2cc3ccc(C)c(OCCCCCO)c3[nH]c2=O)ccc1O. The number of nitrogens with one attached hydrogen (secondary N) is 2. The Labute approximate surface area is 180 Å². The number of H-pyrrole nitrogens is 1. The Morgan fingerprint density at radius 1 is 1.06 bits per heavy atom. The van der Waals surface area contributed by atoms with Crippen LogP contribution in [0.3, 0.4) is 0 Å². The Balaban J connectivity index is 1.78. The van der Waals surface area contributed by atoms with Crippen molar-refractivity contribution in [2.24, 2.45) is 0 Å². The average Bonchev–Trinajstić information content (AvgIpc) is 2.75. The van der Waals surface area contributed by atoms with Gasteiger partial charge in [0.2, 0.25) is 0 Å². The minimum Gasteiger partial charge on any atom is -0.508 e. The Bertz CT molecular complexity index is 1140. The van der Waals surface area contributed by atoms with E-state index in [-0.39, 0.29) is 24.5 Å². The van der Waals surface area contributed by atoms with Gasteiger partial charge in [0.25, 0.3) is 11.5 Å². The number of aromatic hydroxyl groups is 1. The van der Waals surface area contributed by atoms with Crippen LogP contribution in [0.4, 0.5) is 0 Å². The molecule has 0 fully saturated rings. The number of aliphatic hydroxyl groups excluding tert-OH is 1. The van der Waals surface area contributed by atoms with E-state index in [4.69, 9.17) is 9.84 Å². The van der Waals surface area contributed by atoms with Crippen LogP contribution in [0, 0.1) is 13.8 Å². The van der Waals surface area contributed by atoms with E-state index in [0.29, 0.717) is 23.3 Å². The number of aromatic amines is 1. The van der Waals surface area contributed by atoms with Crippen LogP contribution < -0.4 is 15.6 Å². The number of carbonyl (C=O) groups is 1. The number of hydrogen-bond donors (Lipinski definition) is 4. The molecule has 1 heterocycles. The van der Waals surface area contributed by atoms with Gasteiger partial charge in [-0.2, -0.15) is 0 Å². The second-order valence-electron chi connectivity index (χ2n) is 7.62. The van der Waals surface area contributed by atoms with Gasteiger partial charge in [-0.15, -0.1) is 0 Å². The second-order valence-corrected chi connectivity index (χ2v) is 7.62. The molecule has 4 N–H and O–H groups in total. The molecule has 7 heteroatoms. The molecule has 31 heavy (non-hydrogen) atoms. The van der Waals surface area contributed by atoms with Crippen molar-refractivity contribution in [3.63, 3.8) is 0 Å². The number of hydrogen-bond acceptors (Lipinski definition) is 5. The number of amides is 1. The maximum Gasteiger partial charge on any atom is 0.261 e. The summed E-state index contributed by atoms with van der Waals surface area (Å²) in [6.45, 7) is 4.58. The third-order valence-electron chi connectivity index (χ3n) is 5.18. The predicted octanol–water partition coefficient (Wildman–Crippen LogP) is 3.32. The van der Waals surface area contributed by atoms with Crippen LogP contribution in [-0.2, 0) is 6.54 Å². The van der Waals surface area contributed by atoms with Crippen molar-refractivity contribution < 1.29 is 19.7 Å². The smallest absolute Gasteiger partial charge is 0.261 e. The number of aliphatic hydroxyl groups is 1. The standard InChI is InChI=1S/C24H28N2O5/c1-15-6-8-18-13-19(23(29)25-14-17-7-9-20(28)16(2)12-17)24(30)26-21(18)22(15)31-11-5-3-4-10-27/h6-9,12-13,27-28H,3-5,10-11,14H2,1-2H3,(H,25,29)(H,26,30). The molecule has 3 aromatic rings. The molecule has 0 atom stereocenters. The number of rotatable bonds is 9. The Hall–Kier alpha value is -3.32. The van der Waals surface area contributed by atoms with Crippen LogP contribution in [0.2, 0.25) is 0 Å². The molecule has 0 aliphatic rings. The van der Waals surface area contributed by atoms with Gasteiger partial charge in [-0.25, -0.2) is 0 Å². The zero-order valence-corrected chi connectivity index (χ0v) is 17.8. The van der Waals surface area contributed by atoms with Gasteiger partial charge in [0, 0.05) is 18.5 Å². The number of phenolic OH excluding ortho intramolecular Hbond substituents is 1. The van der Waals surface area contributed by atoms with E-state index in [1.165, 1.54) is 0 Å². The Kier molecular flexibility index (Phi) is 7.31. The van der Waals surface area contributed by atoms with Crippen molar-refractivity contribution in [2.75, 3.05) is 13.2 Å². The molecule has 0 saturated heterocycles. The summed E-state index contributed by atoms with van der Waals surface area (Å²) in [4.78, 5) is 28.1. The number of aromatic nitrogens is 1. The van der Waals surface area contributed by atoms with Crippen LogP contribution in [0.1, 0.15) is 46.3 Å². The highest BCUT2D eigenvalue weighted by molar-refractivity contribution is 5.98.